The second-order valence-electron chi connectivity index (χ2n) is 5.25. The summed E-state index contributed by atoms with van der Waals surface area (Å²) in [5.74, 6) is -21.5. The minimum atomic E-state index is -7.35. The van der Waals surface area contributed by atoms with Crippen molar-refractivity contribution in [3.8, 4) is 0 Å². The lowest BCUT2D eigenvalue weighted by Gasteiger charge is -2.36. The molecule has 0 saturated heterocycles. The van der Waals surface area contributed by atoms with Gasteiger partial charge in [0.1, 0.15) is 0 Å². The molecule has 0 bridgehead atoms. The first-order valence-corrected chi connectivity index (χ1v) is 7.02. The smallest absolute Gasteiger partial charge is 0.379 e. The van der Waals surface area contributed by atoms with Gasteiger partial charge in [0.25, 0.3) is 0 Å². The van der Waals surface area contributed by atoms with Gasteiger partial charge in [-0.1, -0.05) is 13.3 Å². The Morgan fingerprint density at radius 2 is 1.41 bits per heavy atom. The molecule has 162 valence electrons. The third kappa shape index (κ3) is 5.70. The molecule has 0 radical (unpaired) electrons. The number of carbonyl (C=O) groups is 1. The van der Waals surface area contributed by atoms with Crippen LogP contribution in [0, 0.1) is 0 Å². The van der Waals surface area contributed by atoms with Gasteiger partial charge in [-0.25, -0.2) is 9.18 Å². The van der Waals surface area contributed by atoms with Crippen LogP contribution in [0.1, 0.15) is 26.2 Å². The topological polar surface area (TPSA) is 38.3 Å². The Bertz CT molecular complexity index is 505. The van der Waals surface area contributed by atoms with E-state index in [1.165, 1.54) is 5.32 Å². The fourth-order valence-corrected chi connectivity index (χ4v) is 1.50. The monoisotopic (exact) mass is 431 g/mol. The van der Waals surface area contributed by atoms with Crippen LogP contribution in [0.25, 0.3) is 0 Å². The lowest BCUT2D eigenvalue weighted by molar-refractivity contribution is -0.420. The molecule has 0 spiro atoms. The van der Waals surface area contributed by atoms with Crippen molar-refractivity contribution in [1.29, 1.82) is 0 Å². The number of alkyl halides is 12. The molecule has 1 atom stereocenters. The predicted octanol–water partition coefficient (Wildman–Crippen LogP) is 5.30. The Kier molecular flexibility index (Phi) is 7.73. The number of carbonyl (C=O) groups excluding carboxylic acids is 1. The highest BCUT2D eigenvalue weighted by molar-refractivity contribution is 5.67. The van der Waals surface area contributed by atoms with Crippen LogP contribution in [0.15, 0.2) is 0 Å². The number of amides is 1. The third-order valence-corrected chi connectivity index (χ3v) is 3.00. The molecule has 0 aromatic heterocycles. The summed E-state index contributed by atoms with van der Waals surface area (Å²) in [7, 11) is 0. The van der Waals surface area contributed by atoms with Crippen molar-refractivity contribution in [2.45, 2.75) is 62.4 Å². The molecule has 3 nitrogen and oxygen atoms in total. The lowest BCUT2D eigenvalue weighted by Crippen LogP contribution is -2.66. The van der Waals surface area contributed by atoms with Gasteiger partial charge in [0.2, 0.25) is 0 Å². The Hall–Kier alpha value is -1.57. The van der Waals surface area contributed by atoms with Crippen LogP contribution in [0.3, 0.4) is 0 Å². The second-order valence-corrected chi connectivity index (χ2v) is 5.25. The highest BCUT2D eigenvalue weighted by Gasteiger charge is 2.84. The van der Waals surface area contributed by atoms with E-state index in [1.54, 1.807) is 6.92 Å². The lowest BCUT2D eigenvalue weighted by atomic mass is 9.97. The maximum atomic E-state index is 13.3. The van der Waals surface area contributed by atoms with Crippen LogP contribution in [0.4, 0.5) is 57.5 Å². The average molecular weight is 431 g/mol. The van der Waals surface area contributed by atoms with Crippen LogP contribution in [0.5, 0.6) is 0 Å². The standard InChI is InChI=1S/C12H13F12NO2/c1-2-3-4-25-7(26)27-12(23,24)11(21,22)10(19,20)9(17,18)6(13)5-8(14,15)16/h6H,2-5H2,1H3,(H,25,26). The highest BCUT2D eigenvalue weighted by Crippen LogP contribution is 2.55. The summed E-state index contributed by atoms with van der Waals surface area (Å²) in [4.78, 5) is 10.9. The van der Waals surface area contributed by atoms with E-state index in [4.69, 9.17) is 0 Å². The number of hydrogen-bond donors (Lipinski definition) is 1. The molecule has 0 saturated carbocycles. The van der Waals surface area contributed by atoms with Gasteiger partial charge >= 0.3 is 36.1 Å². The second kappa shape index (κ2) is 8.20. The van der Waals surface area contributed by atoms with Gasteiger partial charge in [-0.2, -0.15) is 48.3 Å². The minimum absolute atomic E-state index is 0.117. The molecule has 1 unspecified atom stereocenters. The zero-order valence-corrected chi connectivity index (χ0v) is 13.3. The van der Waals surface area contributed by atoms with Gasteiger partial charge in [-0.3, -0.25) is 0 Å². The fourth-order valence-electron chi connectivity index (χ4n) is 1.50. The van der Waals surface area contributed by atoms with Gasteiger partial charge in [0.15, 0.2) is 6.17 Å². The van der Waals surface area contributed by atoms with Gasteiger partial charge in [-0.15, -0.1) is 0 Å². The Labute approximate surface area is 144 Å². The molecule has 0 aliphatic heterocycles. The first-order valence-electron chi connectivity index (χ1n) is 7.02. The maximum Gasteiger partial charge on any atom is 0.474 e. The molecule has 15 heteroatoms. The minimum Gasteiger partial charge on any atom is -0.379 e. The molecule has 0 aromatic carbocycles. The van der Waals surface area contributed by atoms with Gasteiger partial charge in [0.05, 0.1) is 6.42 Å². The van der Waals surface area contributed by atoms with Gasteiger partial charge in [-0.05, 0) is 6.42 Å². The summed E-state index contributed by atoms with van der Waals surface area (Å²) >= 11 is 0. The number of nitrogens with one attached hydrogen (secondary N) is 1. The van der Waals surface area contributed by atoms with Crippen LogP contribution in [0.2, 0.25) is 0 Å². The molecular weight excluding hydrogens is 418 g/mol. The molecule has 0 aliphatic rings. The van der Waals surface area contributed by atoms with Crippen molar-refractivity contribution in [2.24, 2.45) is 0 Å². The summed E-state index contributed by atoms with van der Waals surface area (Å²) in [6, 6.07) is 0. The molecule has 0 aliphatic carbocycles. The first kappa shape index (κ1) is 25.4. The van der Waals surface area contributed by atoms with Crippen LogP contribution in [-0.4, -0.2) is 48.9 Å². The van der Waals surface area contributed by atoms with E-state index in [9.17, 15) is 57.5 Å². The van der Waals surface area contributed by atoms with E-state index in [0.717, 1.165) is 0 Å². The SMILES string of the molecule is CCCCNC(=O)OC(F)(F)C(F)(F)C(F)(F)C(F)(F)C(F)CC(F)(F)F. The summed E-state index contributed by atoms with van der Waals surface area (Å²) < 4.78 is 157. The van der Waals surface area contributed by atoms with Gasteiger partial charge < -0.3 is 10.1 Å². The van der Waals surface area contributed by atoms with E-state index < -0.39 is 55.3 Å². The molecule has 27 heavy (non-hydrogen) atoms. The number of alkyl carbamates (subject to hydrolysis) is 1. The number of ether oxygens (including phenoxy) is 1. The molecule has 1 N–H and O–H groups in total. The van der Waals surface area contributed by atoms with Crippen molar-refractivity contribution < 1.29 is 62.2 Å². The fraction of sp³-hybridized carbons (Fsp3) is 0.917. The predicted molar refractivity (Wildman–Crippen MR) is 64.7 cm³/mol. The zero-order valence-electron chi connectivity index (χ0n) is 13.3. The first-order chi connectivity index (χ1) is 11.8. The molecule has 0 aromatic rings. The number of halogens is 12. The van der Waals surface area contributed by atoms with Crippen molar-refractivity contribution in [3.63, 3.8) is 0 Å². The average Bonchev–Trinajstić information content (AvgIpc) is 2.44. The van der Waals surface area contributed by atoms with E-state index >= 15 is 0 Å². The highest BCUT2D eigenvalue weighted by atomic mass is 19.4. The molecule has 1 amide bonds. The van der Waals surface area contributed by atoms with E-state index in [-0.39, 0.29) is 6.42 Å². The maximum absolute atomic E-state index is 13.3. The van der Waals surface area contributed by atoms with E-state index in [0.29, 0.717) is 6.42 Å². The Balaban J connectivity index is 5.56. The third-order valence-electron chi connectivity index (χ3n) is 3.00. The molecule has 0 heterocycles. The normalized spacial score (nSPS) is 15.4. The Morgan fingerprint density at radius 3 is 1.81 bits per heavy atom. The molecular formula is C12H13F12NO2. The summed E-state index contributed by atoms with van der Waals surface area (Å²) in [5, 5.41) is 1.43. The van der Waals surface area contributed by atoms with Crippen LogP contribution >= 0.6 is 0 Å². The Morgan fingerprint density at radius 1 is 0.926 bits per heavy atom. The summed E-state index contributed by atoms with van der Waals surface area (Å²) in [6.45, 7) is 1.12. The largest absolute Gasteiger partial charge is 0.474 e. The van der Waals surface area contributed by atoms with Gasteiger partial charge in [0, 0.05) is 6.54 Å². The quantitative estimate of drug-likeness (QED) is 0.398. The van der Waals surface area contributed by atoms with E-state index in [2.05, 4.69) is 4.74 Å². The van der Waals surface area contributed by atoms with Crippen LogP contribution in [-0.2, 0) is 4.74 Å². The molecule has 0 fully saturated rings. The van der Waals surface area contributed by atoms with E-state index in [1.807, 2.05) is 0 Å². The zero-order chi connectivity index (χ0) is 21.9. The van der Waals surface area contributed by atoms with Crippen molar-refractivity contribution in [1.82, 2.24) is 5.32 Å². The number of hydrogen-bond acceptors (Lipinski definition) is 2. The van der Waals surface area contributed by atoms with Crippen LogP contribution < -0.4 is 5.32 Å². The molecule has 0 rings (SSSR count). The summed E-state index contributed by atoms with van der Waals surface area (Å²) in [5.41, 5.74) is 0. The van der Waals surface area contributed by atoms with Crippen molar-refractivity contribution >= 4 is 6.09 Å². The summed E-state index contributed by atoms with van der Waals surface area (Å²) in [6.07, 6.45) is -22.6. The van der Waals surface area contributed by atoms with Crippen molar-refractivity contribution in [3.05, 3.63) is 0 Å². The number of unbranched alkanes of at least 4 members (excludes halogenated alkanes) is 1. The number of rotatable bonds is 9. The van der Waals surface area contributed by atoms with Crippen molar-refractivity contribution in [2.75, 3.05) is 6.54 Å².